The number of benzene rings is 1. The number of nitrogens with one attached hydrogen (secondary N) is 1. The summed E-state index contributed by atoms with van der Waals surface area (Å²) in [5.41, 5.74) is 2.52. The first-order valence-electron chi connectivity index (χ1n) is 4.03. The van der Waals surface area contributed by atoms with Gasteiger partial charge < -0.3 is 0 Å². The zero-order valence-corrected chi connectivity index (χ0v) is 7.21. The molecule has 0 aliphatic heterocycles. The number of aromatic nitrogens is 2. The number of hydrogen-bond acceptors (Lipinski definition) is 1. The van der Waals surface area contributed by atoms with Crippen molar-refractivity contribution in [1.29, 1.82) is 0 Å². The molecular weight excluding hydrogens is 167 g/mol. The second-order valence-electron chi connectivity index (χ2n) is 2.96. The fraction of sp³-hybridized carbons (Fsp3) is 0.100. The van der Waals surface area contributed by atoms with Crippen LogP contribution in [0.3, 0.4) is 0 Å². The topological polar surface area (TPSA) is 28.7 Å². The molecule has 0 unspecified atom stereocenters. The Morgan fingerprint density at radius 1 is 1.23 bits per heavy atom. The summed E-state index contributed by atoms with van der Waals surface area (Å²) in [6, 6.07) is 7.65. The summed E-state index contributed by atoms with van der Waals surface area (Å²) in [6.45, 7) is 2.00. The van der Waals surface area contributed by atoms with Crippen molar-refractivity contribution >= 4 is 0 Å². The first kappa shape index (κ1) is 7.98. The van der Waals surface area contributed by atoms with Gasteiger partial charge in [0.2, 0.25) is 5.95 Å². The van der Waals surface area contributed by atoms with Crippen LogP contribution in [0.5, 0.6) is 0 Å². The van der Waals surface area contributed by atoms with Crippen molar-refractivity contribution in [2.45, 2.75) is 6.92 Å². The van der Waals surface area contributed by atoms with Crippen molar-refractivity contribution < 1.29 is 4.39 Å². The van der Waals surface area contributed by atoms with E-state index in [0.29, 0.717) is 5.56 Å². The molecular formula is C10H9FN2. The highest BCUT2D eigenvalue weighted by Crippen LogP contribution is 2.20. The average Bonchev–Trinajstić information content (AvgIpc) is 2.53. The number of hydrogen-bond donors (Lipinski definition) is 1. The Bertz CT molecular complexity index is 403. The van der Waals surface area contributed by atoms with Gasteiger partial charge in [-0.2, -0.15) is 9.49 Å². The van der Waals surface area contributed by atoms with Gasteiger partial charge in [-0.05, 0) is 12.5 Å². The summed E-state index contributed by atoms with van der Waals surface area (Å²) in [4.78, 5) is 0. The third-order valence-electron chi connectivity index (χ3n) is 1.96. The molecule has 0 aliphatic carbocycles. The Balaban J connectivity index is 2.47. The number of nitrogens with zero attached hydrogens (tertiary/aromatic N) is 1. The summed E-state index contributed by atoms with van der Waals surface area (Å²) in [5.74, 6) is -0.385. The zero-order valence-electron chi connectivity index (χ0n) is 7.21. The number of H-pyrrole nitrogens is 1. The molecule has 0 fully saturated rings. The van der Waals surface area contributed by atoms with E-state index in [4.69, 9.17) is 0 Å². The standard InChI is InChI=1S/C10H9FN2/c1-7-2-4-8(5-3-7)9-6-12-13-10(9)11/h2-6H,1H3,(H,12,13). The Labute approximate surface area is 75.4 Å². The molecule has 3 heteroatoms. The first-order valence-corrected chi connectivity index (χ1v) is 4.03. The molecule has 0 saturated carbocycles. The van der Waals surface area contributed by atoms with E-state index in [1.165, 1.54) is 6.20 Å². The normalized spacial score (nSPS) is 10.3. The fourth-order valence-electron chi connectivity index (χ4n) is 1.20. The maximum Gasteiger partial charge on any atom is 0.216 e. The van der Waals surface area contributed by atoms with Gasteiger partial charge in [-0.3, -0.25) is 5.10 Å². The van der Waals surface area contributed by atoms with E-state index in [9.17, 15) is 4.39 Å². The van der Waals surface area contributed by atoms with E-state index in [2.05, 4.69) is 10.2 Å². The van der Waals surface area contributed by atoms with Crippen LogP contribution >= 0.6 is 0 Å². The van der Waals surface area contributed by atoms with Gasteiger partial charge in [0.15, 0.2) is 0 Å². The number of aromatic amines is 1. The van der Waals surface area contributed by atoms with Gasteiger partial charge in [0.1, 0.15) is 0 Å². The van der Waals surface area contributed by atoms with Crippen LogP contribution in [0.4, 0.5) is 4.39 Å². The van der Waals surface area contributed by atoms with Crippen LogP contribution in [0.2, 0.25) is 0 Å². The second-order valence-corrected chi connectivity index (χ2v) is 2.96. The van der Waals surface area contributed by atoms with Crippen LogP contribution in [-0.2, 0) is 0 Å². The quantitative estimate of drug-likeness (QED) is 0.710. The van der Waals surface area contributed by atoms with E-state index in [0.717, 1.165) is 11.1 Å². The number of rotatable bonds is 1. The summed E-state index contributed by atoms with van der Waals surface area (Å²) < 4.78 is 13.0. The molecule has 2 rings (SSSR count). The second kappa shape index (κ2) is 3.01. The molecule has 1 aromatic heterocycles. The molecule has 1 N–H and O–H groups in total. The molecule has 0 amide bonds. The lowest BCUT2D eigenvalue weighted by Crippen LogP contribution is -1.80. The van der Waals surface area contributed by atoms with Crippen molar-refractivity contribution in [1.82, 2.24) is 10.2 Å². The van der Waals surface area contributed by atoms with Crippen LogP contribution in [0.15, 0.2) is 30.5 Å². The molecule has 0 atom stereocenters. The highest BCUT2D eigenvalue weighted by atomic mass is 19.1. The predicted molar refractivity (Wildman–Crippen MR) is 48.7 cm³/mol. The summed E-state index contributed by atoms with van der Waals surface area (Å²) in [7, 11) is 0. The van der Waals surface area contributed by atoms with Crippen LogP contribution in [0.1, 0.15) is 5.56 Å². The minimum Gasteiger partial charge on any atom is -0.253 e. The Hall–Kier alpha value is -1.64. The van der Waals surface area contributed by atoms with Crippen molar-refractivity contribution in [2.24, 2.45) is 0 Å². The highest BCUT2D eigenvalue weighted by molar-refractivity contribution is 5.62. The monoisotopic (exact) mass is 176 g/mol. The maximum absolute atomic E-state index is 13.0. The SMILES string of the molecule is Cc1ccc(-c2cn[nH]c2F)cc1. The van der Waals surface area contributed by atoms with Crippen LogP contribution in [-0.4, -0.2) is 10.2 Å². The molecule has 0 saturated heterocycles. The number of halogens is 1. The van der Waals surface area contributed by atoms with E-state index in [-0.39, 0.29) is 5.95 Å². The summed E-state index contributed by atoms with van der Waals surface area (Å²) in [6.07, 6.45) is 1.49. The van der Waals surface area contributed by atoms with Gasteiger partial charge >= 0.3 is 0 Å². The Morgan fingerprint density at radius 3 is 2.46 bits per heavy atom. The lowest BCUT2D eigenvalue weighted by molar-refractivity contribution is 0.582. The van der Waals surface area contributed by atoms with E-state index in [1.807, 2.05) is 31.2 Å². The highest BCUT2D eigenvalue weighted by Gasteiger charge is 2.05. The van der Waals surface area contributed by atoms with Crippen molar-refractivity contribution in [2.75, 3.05) is 0 Å². The molecule has 1 aromatic carbocycles. The van der Waals surface area contributed by atoms with Gasteiger partial charge in [-0.1, -0.05) is 29.8 Å². The summed E-state index contributed by atoms with van der Waals surface area (Å²) in [5, 5.41) is 5.89. The molecule has 0 bridgehead atoms. The van der Waals surface area contributed by atoms with Gasteiger partial charge in [-0.15, -0.1) is 0 Å². The minimum atomic E-state index is -0.385. The minimum absolute atomic E-state index is 0.385. The molecule has 2 nitrogen and oxygen atoms in total. The van der Waals surface area contributed by atoms with Gasteiger partial charge in [0.25, 0.3) is 0 Å². The lowest BCUT2D eigenvalue weighted by Gasteiger charge is -1.97. The van der Waals surface area contributed by atoms with Gasteiger partial charge in [0, 0.05) is 0 Å². The van der Waals surface area contributed by atoms with E-state index < -0.39 is 0 Å². The van der Waals surface area contributed by atoms with Gasteiger partial charge in [0.05, 0.1) is 11.8 Å². The molecule has 2 aromatic rings. The molecule has 0 spiro atoms. The molecule has 0 aliphatic rings. The van der Waals surface area contributed by atoms with Gasteiger partial charge in [-0.25, -0.2) is 0 Å². The summed E-state index contributed by atoms with van der Waals surface area (Å²) >= 11 is 0. The average molecular weight is 176 g/mol. The van der Waals surface area contributed by atoms with Crippen LogP contribution < -0.4 is 0 Å². The smallest absolute Gasteiger partial charge is 0.216 e. The largest absolute Gasteiger partial charge is 0.253 e. The Morgan fingerprint density at radius 2 is 1.92 bits per heavy atom. The van der Waals surface area contributed by atoms with Crippen molar-refractivity contribution in [3.05, 3.63) is 42.0 Å². The maximum atomic E-state index is 13.0. The number of aryl methyl sites for hydroxylation is 1. The third kappa shape index (κ3) is 1.45. The molecule has 0 radical (unpaired) electrons. The van der Waals surface area contributed by atoms with Crippen LogP contribution in [0.25, 0.3) is 11.1 Å². The molecule has 13 heavy (non-hydrogen) atoms. The fourth-order valence-corrected chi connectivity index (χ4v) is 1.20. The van der Waals surface area contributed by atoms with Crippen molar-refractivity contribution in [3.8, 4) is 11.1 Å². The lowest BCUT2D eigenvalue weighted by atomic mass is 10.1. The molecule has 1 heterocycles. The Kier molecular flexibility index (Phi) is 1.85. The van der Waals surface area contributed by atoms with E-state index in [1.54, 1.807) is 0 Å². The predicted octanol–water partition coefficient (Wildman–Crippen LogP) is 2.52. The first-order chi connectivity index (χ1) is 6.27. The zero-order chi connectivity index (χ0) is 9.26. The third-order valence-corrected chi connectivity index (χ3v) is 1.96. The van der Waals surface area contributed by atoms with Crippen molar-refractivity contribution in [3.63, 3.8) is 0 Å². The van der Waals surface area contributed by atoms with E-state index >= 15 is 0 Å². The molecule has 66 valence electrons. The van der Waals surface area contributed by atoms with Crippen LogP contribution in [0, 0.1) is 12.9 Å².